The van der Waals surface area contributed by atoms with Gasteiger partial charge in [-0.3, -0.25) is 0 Å². The summed E-state index contributed by atoms with van der Waals surface area (Å²) in [5, 5.41) is 17.5. The van der Waals surface area contributed by atoms with Gasteiger partial charge in [0.2, 0.25) is 0 Å². The fourth-order valence-electron chi connectivity index (χ4n) is 1.19. The van der Waals surface area contributed by atoms with Crippen LogP contribution in [0.15, 0.2) is 10.5 Å². The smallest absolute Gasteiger partial charge is 0.339 e. The summed E-state index contributed by atoms with van der Waals surface area (Å²) in [5.74, 6) is -3.76. The molecule has 0 saturated heterocycles. The zero-order valence-electron chi connectivity index (χ0n) is 7.54. The van der Waals surface area contributed by atoms with Crippen LogP contribution in [0.2, 0.25) is 0 Å². The van der Waals surface area contributed by atoms with Crippen molar-refractivity contribution in [1.29, 1.82) is 0 Å². The summed E-state index contributed by atoms with van der Waals surface area (Å²) in [4.78, 5) is 21.4. The van der Waals surface area contributed by atoms with Gasteiger partial charge in [0.15, 0.2) is 5.82 Å². The average Bonchev–Trinajstić information content (AvgIpc) is 2.10. The number of rotatable bonds is 2. The first-order valence-corrected chi connectivity index (χ1v) is 4.60. The van der Waals surface area contributed by atoms with Crippen LogP contribution in [0.3, 0.4) is 0 Å². The molecule has 0 amide bonds. The zero-order valence-corrected chi connectivity index (χ0v) is 9.13. The van der Waals surface area contributed by atoms with Crippen molar-refractivity contribution in [2.75, 3.05) is 0 Å². The molecule has 4 nitrogen and oxygen atoms in total. The Hall–Kier alpha value is -1.43. The first-order valence-electron chi connectivity index (χ1n) is 3.81. The first-order chi connectivity index (χ1) is 6.86. The van der Waals surface area contributed by atoms with E-state index in [0.29, 0.717) is 0 Å². The Morgan fingerprint density at radius 1 is 1.33 bits per heavy atom. The number of benzene rings is 1. The van der Waals surface area contributed by atoms with Crippen LogP contribution in [-0.2, 0) is 0 Å². The van der Waals surface area contributed by atoms with Gasteiger partial charge in [0.1, 0.15) is 5.56 Å². The Bertz CT molecular complexity index is 456. The number of hydrogen-bond donors (Lipinski definition) is 2. The molecule has 0 aliphatic carbocycles. The quantitative estimate of drug-likeness (QED) is 0.869. The fraction of sp³-hybridized carbons (Fsp3) is 0.111. The normalized spacial score (nSPS) is 10.1. The monoisotopic (exact) mass is 276 g/mol. The average molecular weight is 277 g/mol. The molecule has 15 heavy (non-hydrogen) atoms. The Balaban J connectivity index is 3.63. The van der Waals surface area contributed by atoms with Gasteiger partial charge in [0.05, 0.1) is 10.0 Å². The van der Waals surface area contributed by atoms with Crippen LogP contribution in [0.25, 0.3) is 0 Å². The molecule has 0 atom stereocenters. The lowest BCUT2D eigenvalue weighted by Crippen LogP contribution is -2.10. The topological polar surface area (TPSA) is 74.6 Å². The third kappa shape index (κ3) is 1.99. The maximum atomic E-state index is 13.3. The summed E-state index contributed by atoms with van der Waals surface area (Å²) in [6.07, 6.45) is 0. The summed E-state index contributed by atoms with van der Waals surface area (Å²) < 4.78 is 13.2. The van der Waals surface area contributed by atoms with Crippen molar-refractivity contribution in [3.63, 3.8) is 0 Å². The molecular formula is C9H6BrFO4. The number of carboxylic acid groups (broad SMARTS) is 2. The Morgan fingerprint density at radius 2 is 1.87 bits per heavy atom. The number of aromatic carboxylic acids is 2. The first kappa shape index (κ1) is 11.6. The van der Waals surface area contributed by atoms with E-state index in [4.69, 9.17) is 10.2 Å². The lowest BCUT2D eigenvalue weighted by Gasteiger charge is -2.07. The molecule has 0 fully saturated rings. The van der Waals surface area contributed by atoms with Crippen LogP contribution < -0.4 is 0 Å². The number of carbonyl (C=O) groups is 2. The maximum Gasteiger partial charge on any atom is 0.339 e. The molecule has 1 aromatic rings. The summed E-state index contributed by atoms with van der Waals surface area (Å²) in [6.45, 7) is 1.25. The molecular weight excluding hydrogens is 271 g/mol. The molecule has 0 saturated carbocycles. The van der Waals surface area contributed by atoms with E-state index in [9.17, 15) is 14.0 Å². The van der Waals surface area contributed by atoms with E-state index in [1.807, 2.05) is 0 Å². The second-order valence-electron chi connectivity index (χ2n) is 2.83. The highest BCUT2D eigenvalue weighted by molar-refractivity contribution is 9.10. The summed E-state index contributed by atoms with van der Waals surface area (Å²) in [6, 6.07) is 1.04. The van der Waals surface area contributed by atoms with Crippen molar-refractivity contribution >= 4 is 27.9 Å². The Kier molecular flexibility index (Phi) is 3.09. The van der Waals surface area contributed by atoms with E-state index in [0.717, 1.165) is 6.07 Å². The van der Waals surface area contributed by atoms with Crippen LogP contribution in [0.1, 0.15) is 26.3 Å². The van der Waals surface area contributed by atoms with Gasteiger partial charge < -0.3 is 10.2 Å². The van der Waals surface area contributed by atoms with Crippen LogP contribution in [0, 0.1) is 12.7 Å². The molecule has 0 bridgehead atoms. The van der Waals surface area contributed by atoms with Crippen molar-refractivity contribution < 1.29 is 24.2 Å². The lowest BCUT2D eigenvalue weighted by atomic mass is 10.0. The van der Waals surface area contributed by atoms with Crippen molar-refractivity contribution in [2.24, 2.45) is 0 Å². The molecule has 0 spiro atoms. The fourth-order valence-corrected chi connectivity index (χ4v) is 1.62. The predicted molar refractivity (Wildman–Crippen MR) is 52.8 cm³/mol. The van der Waals surface area contributed by atoms with Crippen molar-refractivity contribution in [1.82, 2.24) is 0 Å². The Morgan fingerprint density at radius 3 is 2.27 bits per heavy atom. The number of halogens is 2. The van der Waals surface area contributed by atoms with Gasteiger partial charge in [-0.25, -0.2) is 14.0 Å². The van der Waals surface area contributed by atoms with Gasteiger partial charge >= 0.3 is 11.9 Å². The van der Waals surface area contributed by atoms with Crippen molar-refractivity contribution in [3.8, 4) is 0 Å². The van der Waals surface area contributed by atoms with Gasteiger partial charge in [-0.05, 0) is 34.5 Å². The highest BCUT2D eigenvalue weighted by Gasteiger charge is 2.22. The molecule has 0 aromatic heterocycles. The van der Waals surface area contributed by atoms with Gasteiger partial charge in [0, 0.05) is 0 Å². The predicted octanol–water partition coefficient (Wildman–Crippen LogP) is 2.29. The molecule has 80 valence electrons. The molecule has 1 rings (SSSR count). The molecule has 0 aliphatic heterocycles. The van der Waals surface area contributed by atoms with E-state index < -0.39 is 23.3 Å². The van der Waals surface area contributed by atoms with Crippen molar-refractivity contribution in [2.45, 2.75) is 6.92 Å². The van der Waals surface area contributed by atoms with Gasteiger partial charge in [-0.1, -0.05) is 0 Å². The van der Waals surface area contributed by atoms with Gasteiger partial charge in [-0.2, -0.15) is 0 Å². The van der Waals surface area contributed by atoms with Gasteiger partial charge in [-0.15, -0.1) is 0 Å². The third-order valence-corrected chi connectivity index (χ3v) is 2.50. The minimum atomic E-state index is -1.49. The third-order valence-electron chi connectivity index (χ3n) is 1.92. The summed E-state index contributed by atoms with van der Waals surface area (Å²) in [5.41, 5.74) is -0.960. The summed E-state index contributed by atoms with van der Waals surface area (Å²) in [7, 11) is 0. The van der Waals surface area contributed by atoms with E-state index >= 15 is 0 Å². The summed E-state index contributed by atoms with van der Waals surface area (Å²) >= 11 is 2.77. The van der Waals surface area contributed by atoms with E-state index in [2.05, 4.69) is 15.9 Å². The van der Waals surface area contributed by atoms with Crippen LogP contribution in [0.4, 0.5) is 4.39 Å². The molecule has 1 aromatic carbocycles. The second-order valence-corrected chi connectivity index (χ2v) is 3.68. The number of hydrogen-bond acceptors (Lipinski definition) is 2. The largest absolute Gasteiger partial charge is 0.478 e. The molecule has 0 unspecified atom stereocenters. The molecule has 2 N–H and O–H groups in total. The highest BCUT2D eigenvalue weighted by atomic mass is 79.9. The van der Waals surface area contributed by atoms with E-state index in [-0.39, 0.29) is 15.6 Å². The second kappa shape index (κ2) is 3.98. The highest BCUT2D eigenvalue weighted by Crippen LogP contribution is 2.25. The minimum absolute atomic E-state index is 0.101. The molecule has 0 heterocycles. The van der Waals surface area contributed by atoms with Gasteiger partial charge in [0.25, 0.3) is 0 Å². The SMILES string of the molecule is Cc1c(C(=O)O)cc(Br)c(F)c1C(=O)O. The van der Waals surface area contributed by atoms with Crippen molar-refractivity contribution in [3.05, 3.63) is 33.0 Å². The lowest BCUT2D eigenvalue weighted by molar-refractivity contribution is 0.0691. The zero-order chi connectivity index (χ0) is 11.7. The van der Waals surface area contributed by atoms with Crippen LogP contribution >= 0.6 is 15.9 Å². The van der Waals surface area contributed by atoms with E-state index in [1.54, 1.807) is 0 Å². The molecule has 0 radical (unpaired) electrons. The number of carboxylic acids is 2. The molecule has 6 heteroatoms. The standard InChI is InChI=1S/C9H6BrFO4/c1-3-4(8(12)13)2-5(10)7(11)6(3)9(14)15/h2H,1H3,(H,12,13)(H,14,15). The van der Waals surface area contributed by atoms with Crippen LogP contribution in [-0.4, -0.2) is 22.2 Å². The van der Waals surface area contributed by atoms with E-state index in [1.165, 1.54) is 6.92 Å². The molecule has 0 aliphatic rings. The minimum Gasteiger partial charge on any atom is -0.478 e. The maximum absolute atomic E-state index is 13.3. The van der Waals surface area contributed by atoms with Crippen LogP contribution in [0.5, 0.6) is 0 Å². The Labute approximate surface area is 92.5 Å².